The van der Waals surface area contributed by atoms with Gasteiger partial charge in [-0.3, -0.25) is 24.8 Å². The molecule has 3 N–H and O–H groups in total. The summed E-state index contributed by atoms with van der Waals surface area (Å²) in [6.07, 6.45) is 4.65. The van der Waals surface area contributed by atoms with Gasteiger partial charge in [0.15, 0.2) is 5.78 Å². The molecule has 0 aromatic carbocycles. The topological polar surface area (TPSA) is 90.6 Å². The maximum atomic E-state index is 13.1. The summed E-state index contributed by atoms with van der Waals surface area (Å²) in [7, 11) is 0. The number of hydrogen-bond acceptors (Lipinski definition) is 5. The van der Waals surface area contributed by atoms with Gasteiger partial charge in [-0.15, -0.1) is 11.3 Å². The number of hydrogen-bond donors (Lipinski definition) is 3. The highest BCUT2D eigenvalue weighted by molar-refractivity contribution is 7.10. The molecule has 1 aliphatic carbocycles. The smallest absolute Gasteiger partial charge is 0.270 e. The quantitative estimate of drug-likeness (QED) is 0.652. The van der Waals surface area contributed by atoms with Gasteiger partial charge in [-0.05, 0) is 29.5 Å². The number of rotatable bonds is 2. The minimum absolute atomic E-state index is 0.0947. The summed E-state index contributed by atoms with van der Waals surface area (Å²) >= 11 is 1.68. The van der Waals surface area contributed by atoms with Crippen LogP contribution in [-0.2, 0) is 4.79 Å². The fourth-order valence-corrected chi connectivity index (χ4v) is 4.86. The van der Waals surface area contributed by atoms with Gasteiger partial charge in [0.1, 0.15) is 5.82 Å². The minimum Gasteiger partial charge on any atom is -0.343 e. The van der Waals surface area contributed by atoms with E-state index in [-0.39, 0.29) is 23.2 Å². The zero-order chi connectivity index (χ0) is 17.7. The fraction of sp³-hybridized carbons (Fsp3) is 0.211. The fourth-order valence-electron chi connectivity index (χ4n) is 4.03. The lowest BCUT2D eigenvalue weighted by atomic mass is 9.74. The van der Waals surface area contributed by atoms with E-state index in [0.717, 1.165) is 17.7 Å². The normalized spacial score (nSPS) is 21.9. The molecule has 7 heteroatoms. The van der Waals surface area contributed by atoms with Gasteiger partial charge >= 0.3 is 0 Å². The maximum Gasteiger partial charge on any atom is 0.270 e. The number of Topliss-reactive ketones (excluding diaryl/α,β-unsaturated/α-hetero) is 1. The van der Waals surface area contributed by atoms with Crippen LogP contribution in [-0.4, -0.2) is 21.0 Å². The number of fused-ring (bicyclic) bond motifs is 1. The molecule has 6 nitrogen and oxygen atoms in total. The van der Waals surface area contributed by atoms with Crippen molar-refractivity contribution < 1.29 is 4.79 Å². The Kier molecular flexibility index (Phi) is 3.43. The van der Waals surface area contributed by atoms with Gasteiger partial charge in [0.25, 0.3) is 5.56 Å². The Hall–Kier alpha value is -2.93. The average Bonchev–Trinajstić information content (AvgIpc) is 3.31. The second-order valence-electron chi connectivity index (χ2n) is 6.65. The Morgan fingerprint density at radius 2 is 2.04 bits per heavy atom. The van der Waals surface area contributed by atoms with E-state index < -0.39 is 0 Å². The van der Waals surface area contributed by atoms with Crippen LogP contribution in [0.25, 0.3) is 0 Å². The van der Waals surface area contributed by atoms with Gasteiger partial charge in [0.2, 0.25) is 0 Å². The highest BCUT2D eigenvalue weighted by Gasteiger charge is 2.40. The number of aromatic nitrogens is 3. The molecule has 0 saturated carbocycles. The van der Waals surface area contributed by atoms with Crippen LogP contribution in [0.1, 0.15) is 40.7 Å². The molecule has 130 valence electrons. The third-order valence-electron chi connectivity index (χ3n) is 5.14. The largest absolute Gasteiger partial charge is 0.343 e. The molecule has 1 aliphatic heterocycles. The first kappa shape index (κ1) is 15.3. The predicted molar refractivity (Wildman–Crippen MR) is 99.4 cm³/mol. The average molecular weight is 364 g/mol. The van der Waals surface area contributed by atoms with Gasteiger partial charge in [0, 0.05) is 46.8 Å². The van der Waals surface area contributed by atoms with Crippen molar-refractivity contribution in [3.05, 3.63) is 79.7 Å². The number of carbonyl (C=O) groups excluding carboxylic acids is 1. The molecular formula is C19H16N4O2S. The van der Waals surface area contributed by atoms with Crippen LogP contribution < -0.4 is 10.9 Å². The lowest BCUT2D eigenvalue weighted by molar-refractivity contribution is -0.116. The molecule has 0 spiro atoms. The summed E-state index contributed by atoms with van der Waals surface area (Å²) in [4.78, 5) is 30.9. The van der Waals surface area contributed by atoms with E-state index in [1.807, 2.05) is 23.6 Å². The van der Waals surface area contributed by atoms with Crippen LogP contribution in [0.5, 0.6) is 0 Å². The first-order valence-corrected chi connectivity index (χ1v) is 9.37. The molecule has 3 aromatic rings. The van der Waals surface area contributed by atoms with Crippen LogP contribution in [0.15, 0.2) is 58.1 Å². The lowest BCUT2D eigenvalue weighted by Crippen LogP contribution is -2.31. The number of H-pyrrole nitrogens is 2. The van der Waals surface area contributed by atoms with Crippen molar-refractivity contribution in [2.24, 2.45) is 0 Å². The zero-order valence-corrected chi connectivity index (χ0v) is 14.6. The summed E-state index contributed by atoms with van der Waals surface area (Å²) in [5.41, 5.74) is 2.80. The lowest BCUT2D eigenvalue weighted by Gasteiger charge is -2.34. The number of anilines is 1. The number of pyridine rings is 1. The molecule has 0 radical (unpaired) electrons. The number of nitrogens with zero attached hydrogens (tertiary/aromatic N) is 1. The SMILES string of the molecule is O=C1C[C@@H](c2cccs2)CC2=C1[C@H](c1cccnc1)c1c([nH][nH]c1=O)N2. The van der Waals surface area contributed by atoms with E-state index in [1.165, 1.54) is 4.88 Å². The van der Waals surface area contributed by atoms with Crippen molar-refractivity contribution >= 4 is 22.9 Å². The molecule has 3 aromatic heterocycles. The van der Waals surface area contributed by atoms with Crippen molar-refractivity contribution in [2.75, 3.05) is 5.32 Å². The first-order valence-electron chi connectivity index (χ1n) is 8.49. The van der Waals surface area contributed by atoms with Crippen LogP contribution in [0.3, 0.4) is 0 Å². The van der Waals surface area contributed by atoms with Crippen molar-refractivity contribution in [3.8, 4) is 0 Å². The molecule has 5 rings (SSSR count). The maximum absolute atomic E-state index is 13.1. The number of thiophene rings is 1. The summed E-state index contributed by atoms with van der Waals surface area (Å²) < 4.78 is 0. The zero-order valence-electron chi connectivity index (χ0n) is 13.8. The van der Waals surface area contributed by atoms with E-state index in [9.17, 15) is 9.59 Å². The minimum atomic E-state index is -0.387. The first-order chi connectivity index (χ1) is 12.7. The standard InChI is InChI=1S/C19H16N4O2S/c24-13-8-11(14-4-2-6-26-14)7-12-16(13)15(10-3-1-5-20-9-10)17-18(21-12)22-23-19(17)25/h1-6,9,11,15H,7-8H2,(H3,21,22,23,25)/t11-,15-/m0/s1. The van der Waals surface area contributed by atoms with Gasteiger partial charge in [-0.2, -0.15) is 0 Å². The molecule has 2 aliphatic rings. The van der Waals surface area contributed by atoms with E-state index in [4.69, 9.17) is 0 Å². The molecule has 26 heavy (non-hydrogen) atoms. The van der Waals surface area contributed by atoms with E-state index >= 15 is 0 Å². The van der Waals surface area contributed by atoms with E-state index in [1.54, 1.807) is 23.7 Å². The van der Waals surface area contributed by atoms with Gasteiger partial charge < -0.3 is 5.32 Å². The Bertz CT molecular complexity index is 1060. The van der Waals surface area contributed by atoms with Crippen LogP contribution in [0, 0.1) is 0 Å². The summed E-state index contributed by atoms with van der Waals surface area (Å²) in [5.74, 6) is 0.525. The van der Waals surface area contributed by atoms with E-state index in [0.29, 0.717) is 23.4 Å². The molecular weight excluding hydrogens is 348 g/mol. The molecule has 2 atom stereocenters. The number of aromatic amines is 2. The molecule has 0 amide bonds. The monoisotopic (exact) mass is 364 g/mol. The van der Waals surface area contributed by atoms with Gasteiger partial charge in [-0.1, -0.05) is 12.1 Å². The van der Waals surface area contributed by atoms with Crippen molar-refractivity contribution in [1.29, 1.82) is 0 Å². The Morgan fingerprint density at radius 3 is 2.81 bits per heavy atom. The van der Waals surface area contributed by atoms with Gasteiger partial charge in [-0.25, -0.2) is 0 Å². The summed E-state index contributed by atoms with van der Waals surface area (Å²) in [6, 6.07) is 7.85. The number of carbonyl (C=O) groups is 1. The number of ketones is 1. The third-order valence-corrected chi connectivity index (χ3v) is 6.17. The molecule has 0 unspecified atom stereocenters. The highest BCUT2D eigenvalue weighted by Crippen LogP contribution is 2.46. The third kappa shape index (κ3) is 2.28. The van der Waals surface area contributed by atoms with Crippen molar-refractivity contribution in [2.45, 2.75) is 24.7 Å². The Labute approximate surface area is 153 Å². The molecule has 0 saturated heterocycles. The summed E-state index contributed by atoms with van der Waals surface area (Å²) in [6.45, 7) is 0. The Morgan fingerprint density at radius 1 is 1.12 bits per heavy atom. The summed E-state index contributed by atoms with van der Waals surface area (Å²) in [5, 5.41) is 10.9. The number of nitrogens with one attached hydrogen (secondary N) is 3. The highest BCUT2D eigenvalue weighted by atomic mass is 32.1. The van der Waals surface area contributed by atoms with Crippen molar-refractivity contribution in [3.63, 3.8) is 0 Å². The van der Waals surface area contributed by atoms with Crippen LogP contribution in [0.2, 0.25) is 0 Å². The predicted octanol–water partition coefficient (Wildman–Crippen LogP) is 3.12. The second-order valence-corrected chi connectivity index (χ2v) is 7.63. The van der Waals surface area contributed by atoms with E-state index in [2.05, 4.69) is 26.6 Å². The number of allylic oxidation sites excluding steroid dienone is 2. The Balaban J connectivity index is 1.66. The van der Waals surface area contributed by atoms with Crippen molar-refractivity contribution in [1.82, 2.24) is 15.2 Å². The van der Waals surface area contributed by atoms with Crippen LogP contribution >= 0.6 is 11.3 Å². The van der Waals surface area contributed by atoms with Gasteiger partial charge in [0.05, 0.1) is 5.56 Å². The molecule has 0 bridgehead atoms. The second kappa shape index (κ2) is 5.81. The molecule has 4 heterocycles. The molecule has 0 fully saturated rings. The van der Waals surface area contributed by atoms with Crippen LogP contribution in [0.4, 0.5) is 5.82 Å².